The minimum atomic E-state index is -4.07. The normalized spacial score (nSPS) is 20.6. The Labute approximate surface area is 108 Å². The van der Waals surface area contributed by atoms with Crippen LogP contribution in [0.1, 0.15) is 6.42 Å². The maximum Gasteiger partial charge on any atom is 0.272 e. The molecule has 0 amide bonds. The van der Waals surface area contributed by atoms with Gasteiger partial charge in [-0.3, -0.25) is 10.1 Å². The third-order valence-electron chi connectivity index (χ3n) is 2.87. The lowest BCUT2D eigenvalue weighted by atomic mass is 10.3. The number of hydrogen-bond acceptors (Lipinski definition) is 5. The molecule has 19 heavy (non-hydrogen) atoms. The van der Waals surface area contributed by atoms with E-state index in [0.717, 1.165) is 16.4 Å². The van der Waals surface area contributed by atoms with E-state index >= 15 is 0 Å². The summed E-state index contributed by atoms with van der Waals surface area (Å²) >= 11 is 0. The summed E-state index contributed by atoms with van der Waals surface area (Å²) in [4.78, 5) is 9.03. The second-order valence-corrected chi connectivity index (χ2v) is 6.08. The smallest absolute Gasteiger partial charge is 0.272 e. The highest BCUT2D eigenvalue weighted by Gasteiger charge is 2.33. The number of aliphatic hydroxyl groups is 1. The Morgan fingerprint density at radius 2 is 2.16 bits per heavy atom. The fraction of sp³-hybridized carbons (Fsp3) is 0.400. The van der Waals surface area contributed by atoms with Gasteiger partial charge in [0.1, 0.15) is 10.7 Å². The van der Waals surface area contributed by atoms with E-state index < -0.39 is 37.5 Å². The molecule has 1 heterocycles. The summed E-state index contributed by atoms with van der Waals surface area (Å²) < 4.78 is 38.8. The molecule has 1 aromatic rings. The van der Waals surface area contributed by atoms with Crippen molar-refractivity contribution in [3.63, 3.8) is 0 Å². The fourth-order valence-corrected chi connectivity index (χ4v) is 3.42. The average Bonchev–Trinajstić information content (AvgIpc) is 2.76. The van der Waals surface area contributed by atoms with Crippen molar-refractivity contribution in [2.45, 2.75) is 17.4 Å². The molecule has 0 unspecified atom stereocenters. The van der Waals surface area contributed by atoms with Crippen molar-refractivity contribution >= 4 is 15.7 Å². The maximum absolute atomic E-state index is 13.7. The van der Waals surface area contributed by atoms with Crippen LogP contribution in [0.3, 0.4) is 0 Å². The third kappa shape index (κ3) is 2.57. The SMILES string of the molecule is O=[N+]([O-])c1ccc(S(=O)(=O)N2CC[C@@H](O)C2)c(F)c1. The Bertz CT molecular complexity index is 618. The minimum Gasteiger partial charge on any atom is -0.392 e. The van der Waals surface area contributed by atoms with Crippen LogP contribution >= 0.6 is 0 Å². The molecule has 1 atom stereocenters. The zero-order chi connectivity index (χ0) is 14.2. The Kier molecular flexibility index (Phi) is 3.52. The molecule has 2 rings (SSSR count). The van der Waals surface area contributed by atoms with Gasteiger partial charge in [0, 0.05) is 19.2 Å². The zero-order valence-electron chi connectivity index (χ0n) is 9.69. The molecule has 1 fully saturated rings. The average molecular weight is 290 g/mol. The van der Waals surface area contributed by atoms with E-state index in [0.29, 0.717) is 6.07 Å². The van der Waals surface area contributed by atoms with Crippen LogP contribution in [0.4, 0.5) is 10.1 Å². The van der Waals surface area contributed by atoms with Crippen LogP contribution in [0.25, 0.3) is 0 Å². The molecule has 0 aromatic heterocycles. The summed E-state index contributed by atoms with van der Waals surface area (Å²) in [6, 6.07) is 2.37. The molecule has 1 aliphatic rings. The van der Waals surface area contributed by atoms with Crippen molar-refractivity contribution < 1.29 is 22.8 Å². The van der Waals surface area contributed by atoms with E-state index in [-0.39, 0.29) is 19.5 Å². The van der Waals surface area contributed by atoms with Gasteiger partial charge in [0.25, 0.3) is 5.69 Å². The van der Waals surface area contributed by atoms with Crippen molar-refractivity contribution in [3.05, 3.63) is 34.1 Å². The van der Waals surface area contributed by atoms with Crippen LogP contribution in [0.15, 0.2) is 23.1 Å². The van der Waals surface area contributed by atoms with Crippen LogP contribution in [-0.2, 0) is 10.0 Å². The highest BCUT2D eigenvalue weighted by Crippen LogP contribution is 2.25. The maximum atomic E-state index is 13.7. The number of hydrogen-bond donors (Lipinski definition) is 1. The summed E-state index contributed by atoms with van der Waals surface area (Å²) in [6.07, 6.45) is -0.482. The molecule has 1 saturated heterocycles. The van der Waals surface area contributed by atoms with Gasteiger partial charge in [-0.05, 0) is 12.5 Å². The minimum absolute atomic E-state index is 0.0972. The Balaban J connectivity index is 2.38. The second kappa shape index (κ2) is 4.83. The molecule has 0 bridgehead atoms. The quantitative estimate of drug-likeness (QED) is 0.645. The van der Waals surface area contributed by atoms with Crippen molar-refractivity contribution in [1.29, 1.82) is 0 Å². The number of nitro groups is 1. The zero-order valence-corrected chi connectivity index (χ0v) is 10.5. The number of non-ortho nitro benzene ring substituents is 1. The van der Waals surface area contributed by atoms with Crippen molar-refractivity contribution in [1.82, 2.24) is 4.31 Å². The van der Waals surface area contributed by atoms with E-state index in [4.69, 9.17) is 0 Å². The Morgan fingerprint density at radius 1 is 1.47 bits per heavy atom. The van der Waals surface area contributed by atoms with Gasteiger partial charge in [-0.1, -0.05) is 0 Å². The molecule has 0 spiro atoms. The van der Waals surface area contributed by atoms with Gasteiger partial charge in [-0.15, -0.1) is 0 Å². The van der Waals surface area contributed by atoms with Crippen LogP contribution in [0.5, 0.6) is 0 Å². The second-order valence-electron chi connectivity index (χ2n) is 4.18. The van der Waals surface area contributed by atoms with Gasteiger partial charge < -0.3 is 5.11 Å². The first-order valence-corrected chi connectivity index (χ1v) is 6.88. The molecule has 1 N–H and O–H groups in total. The first-order valence-electron chi connectivity index (χ1n) is 5.44. The summed E-state index contributed by atoms with van der Waals surface area (Å²) in [5, 5.41) is 19.8. The van der Waals surface area contributed by atoms with Gasteiger partial charge in [0.05, 0.1) is 17.1 Å². The summed E-state index contributed by atoms with van der Waals surface area (Å²) in [7, 11) is -4.07. The monoisotopic (exact) mass is 290 g/mol. The van der Waals surface area contributed by atoms with Gasteiger partial charge in [0.2, 0.25) is 10.0 Å². The number of nitro benzene ring substituents is 1. The molecule has 0 radical (unpaired) electrons. The molecule has 0 aliphatic carbocycles. The van der Waals surface area contributed by atoms with E-state index in [9.17, 15) is 28.0 Å². The highest BCUT2D eigenvalue weighted by molar-refractivity contribution is 7.89. The molecular weight excluding hydrogens is 279 g/mol. The Morgan fingerprint density at radius 3 is 2.63 bits per heavy atom. The van der Waals surface area contributed by atoms with Crippen molar-refractivity contribution in [2.75, 3.05) is 13.1 Å². The van der Waals surface area contributed by atoms with Crippen LogP contribution in [0.2, 0.25) is 0 Å². The topological polar surface area (TPSA) is 101 Å². The number of β-amino-alcohol motifs (C(OH)–C–C–N with tert-alkyl or cyclic N) is 1. The van der Waals surface area contributed by atoms with Gasteiger partial charge >= 0.3 is 0 Å². The molecule has 9 heteroatoms. The van der Waals surface area contributed by atoms with Gasteiger partial charge in [0.15, 0.2) is 0 Å². The van der Waals surface area contributed by atoms with E-state index in [1.807, 2.05) is 0 Å². The molecule has 1 aliphatic heterocycles. The first-order chi connectivity index (χ1) is 8.82. The van der Waals surface area contributed by atoms with Crippen LogP contribution in [0, 0.1) is 15.9 Å². The number of benzene rings is 1. The fourth-order valence-electron chi connectivity index (χ4n) is 1.88. The predicted molar refractivity (Wildman–Crippen MR) is 62.4 cm³/mol. The molecular formula is C10H11FN2O5S. The van der Waals surface area contributed by atoms with Gasteiger partial charge in [-0.25, -0.2) is 12.8 Å². The van der Waals surface area contributed by atoms with E-state index in [1.54, 1.807) is 0 Å². The lowest BCUT2D eigenvalue weighted by Gasteiger charge is -2.15. The van der Waals surface area contributed by atoms with Gasteiger partial charge in [-0.2, -0.15) is 4.31 Å². The number of sulfonamides is 1. The Hall–Kier alpha value is -1.58. The summed E-state index contributed by atoms with van der Waals surface area (Å²) in [5.74, 6) is -1.17. The molecule has 1 aromatic carbocycles. The number of aliphatic hydroxyl groups excluding tert-OH is 1. The third-order valence-corrected chi connectivity index (χ3v) is 4.77. The van der Waals surface area contributed by atoms with E-state index in [2.05, 4.69) is 0 Å². The molecule has 7 nitrogen and oxygen atoms in total. The first kappa shape index (κ1) is 13.8. The molecule has 0 saturated carbocycles. The van der Waals surface area contributed by atoms with Crippen LogP contribution in [-0.4, -0.2) is 41.9 Å². The van der Waals surface area contributed by atoms with Crippen LogP contribution < -0.4 is 0 Å². The standard InChI is InChI=1S/C10H11FN2O5S/c11-9-5-7(13(15)16)1-2-10(9)19(17,18)12-4-3-8(14)6-12/h1-2,5,8,14H,3-4,6H2/t8-/m1/s1. The largest absolute Gasteiger partial charge is 0.392 e. The number of nitrogens with zero attached hydrogens (tertiary/aromatic N) is 2. The highest BCUT2D eigenvalue weighted by atomic mass is 32.2. The van der Waals surface area contributed by atoms with E-state index in [1.165, 1.54) is 0 Å². The number of rotatable bonds is 3. The van der Waals surface area contributed by atoms with Crippen molar-refractivity contribution in [3.8, 4) is 0 Å². The predicted octanol–water partition coefficient (Wildman–Crippen LogP) is 0.489. The lowest BCUT2D eigenvalue weighted by Crippen LogP contribution is -2.30. The summed E-state index contributed by atoms with van der Waals surface area (Å²) in [6.45, 7) is -0.00130. The van der Waals surface area contributed by atoms with Crippen molar-refractivity contribution in [2.24, 2.45) is 0 Å². The summed E-state index contributed by atoms with van der Waals surface area (Å²) in [5.41, 5.74) is -0.516. The molecule has 104 valence electrons. The number of halogens is 1. The lowest BCUT2D eigenvalue weighted by molar-refractivity contribution is -0.385.